The normalized spacial score (nSPS) is 12.9. The van der Waals surface area contributed by atoms with Gasteiger partial charge >= 0.3 is 0 Å². The molecule has 3 aromatic rings. The van der Waals surface area contributed by atoms with Gasteiger partial charge < -0.3 is 4.74 Å². The molecule has 0 saturated heterocycles. The predicted octanol–water partition coefficient (Wildman–Crippen LogP) is 4.29. The average molecular weight is 453 g/mol. The molecule has 1 aromatic heterocycles. The standard InChI is InChI=1S/C22H21BrN4O2/c1-2-29-20-12-11-15(13-18(20)23)14-24-25-22(28)21-17-9-6-10-19(17)27(26-21)16-7-4-3-5-8-16/h3-5,7-8,11-14H,2,6,9-10H2,1H3,(H,25,28)/b24-14+. The number of para-hydroxylation sites is 1. The maximum absolute atomic E-state index is 12.7. The summed E-state index contributed by atoms with van der Waals surface area (Å²) < 4.78 is 8.22. The van der Waals surface area contributed by atoms with Gasteiger partial charge in [-0.15, -0.1) is 0 Å². The molecule has 148 valence electrons. The number of hydrogen-bond donors (Lipinski definition) is 1. The number of benzene rings is 2. The molecule has 0 bridgehead atoms. The van der Waals surface area contributed by atoms with Crippen LogP contribution in [-0.4, -0.2) is 28.5 Å². The van der Waals surface area contributed by atoms with Crippen molar-refractivity contribution in [3.63, 3.8) is 0 Å². The Morgan fingerprint density at radius 2 is 2.10 bits per heavy atom. The van der Waals surface area contributed by atoms with E-state index in [1.165, 1.54) is 0 Å². The van der Waals surface area contributed by atoms with Crippen LogP contribution >= 0.6 is 15.9 Å². The first-order valence-electron chi connectivity index (χ1n) is 9.59. The number of carbonyl (C=O) groups excluding carboxylic acids is 1. The lowest BCUT2D eigenvalue weighted by molar-refractivity contribution is 0.0949. The maximum Gasteiger partial charge on any atom is 0.292 e. The predicted molar refractivity (Wildman–Crippen MR) is 116 cm³/mol. The lowest BCUT2D eigenvalue weighted by atomic mass is 10.2. The zero-order valence-electron chi connectivity index (χ0n) is 16.1. The van der Waals surface area contributed by atoms with Gasteiger partial charge in [-0.05, 0) is 78.0 Å². The van der Waals surface area contributed by atoms with Gasteiger partial charge in [-0.25, -0.2) is 10.1 Å². The lowest BCUT2D eigenvalue weighted by Crippen LogP contribution is -2.20. The first-order chi connectivity index (χ1) is 14.2. The Bertz CT molecular complexity index is 1060. The minimum Gasteiger partial charge on any atom is -0.493 e. The molecule has 6 nitrogen and oxygen atoms in total. The van der Waals surface area contributed by atoms with Gasteiger partial charge in [0.2, 0.25) is 0 Å². The molecule has 0 radical (unpaired) electrons. The van der Waals surface area contributed by atoms with Gasteiger partial charge in [0.15, 0.2) is 5.69 Å². The van der Waals surface area contributed by atoms with E-state index >= 15 is 0 Å². The third kappa shape index (κ3) is 4.10. The van der Waals surface area contributed by atoms with Crippen molar-refractivity contribution in [3.8, 4) is 11.4 Å². The molecule has 0 spiro atoms. The van der Waals surface area contributed by atoms with Crippen LogP contribution in [0, 0.1) is 0 Å². The summed E-state index contributed by atoms with van der Waals surface area (Å²) in [6.45, 7) is 2.54. The van der Waals surface area contributed by atoms with E-state index in [1.807, 2.05) is 60.1 Å². The summed E-state index contributed by atoms with van der Waals surface area (Å²) in [5.41, 5.74) is 7.00. The summed E-state index contributed by atoms with van der Waals surface area (Å²) >= 11 is 3.48. The number of nitrogens with zero attached hydrogens (tertiary/aromatic N) is 3. The van der Waals surface area contributed by atoms with E-state index in [9.17, 15) is 4.79 Å². The Balaban J connectivity index is 1.51. The van der Waals surface area contributed by atoms with Crippen molar-refractivity contribution in [1.82, 2.24) is 15.2 Å². The highest BCUT2D eigenvalue weighted by molar-refractivity contribution is 9.10. The Hall–Kier alpha value is -2.93. The van der Waals surface area contributed by atoms with Crippen LogP contribution in [0.25, 0.3) is 5.69 Å². The number of fused-ring (bicyclic) bond motifs is 1. The second kappa shape index (κ2) is 8.61. The van der Waals surface area contributed by atoms with E-state index in [2.05, 4.69) is 31.6 Å². The van der Waals surface area contributed by atoms with Crippen molar-refractivity contribution < 1.29 is 9.53 Å². The highest BCUT2D eigenvalue weighted by Gasteiger charge is 2.26. The molecule has 29 heavy (non-hydrogen) atoms. The molecule has 1 aliphatic rings. The first kappa shape index (κ1) is 19.4. The maximum atomic E-state index is 12.7. The topological polar surface area (TPSA) is 68.5 Å². The molecule has 1 amide bonds. The van der Waals surface area contributed by atoms with Crippen LogP contribution in [0.1, 0.15) is 40.7 Å². The monoisotopic (exact) mass is 452 g/mol. The average Bonchev–Trinajstić information content (AvgIpc) is 3.33. The Morgan fingerprint density at radius 1 is 1.28 bits per heavy atom. The second-order valence-corrected chi connectivity index (χ2v) is 7.55. The summed E-state index contributed by atoms with van der Waals surface area (Å²) in [5, 5.41) is 8.69. The van der Waals surface area contributed by atoms with Gasteiger partial charge in [-0.3, -0.25) is 4.79 Å². The van der Waals surface area contributed by atoms with Crippen molar-refractivity contribution >= 4 is 28.1 Å². The lowest BCUT2D eigenvalue weighted by Gasteiger charge is -2.05. The van der Waals surface area contributed by atoms with Crippen LogP contribution in [-0.2, 0) is 12.8 Å². The van der Waals surface area contributed by atoms with E-state index in [0.717, 1.165) is 52.0 Å². The fourth-order valence-corrected chi connectivity index (χ4v) is 4.00. The summed E-state index contributed by atoms with van der Waals surface area (Å²) in [7, 11) is 0. The third-order valence-electron chi connectivity index (χ3n) is 4.78. The summed E-state index contributed by atoms with van der Waals surface area (Å²) in [6.07, 6.45) is 4.42. The van der Waals surface area contributed by atoms with Gasteiger partial charge in [0.1, 0.15) is 5.75 Å². The zero-order valence-corrected chi connectivity index (χ0v) is 17.6. The van der Waals surface area contributed by atoms with Crippen molar-refractivity contribution in [1.29, 1.82) is 0 Å². The number of halogens is 1. The van der Waals surface area contributed by atoms with Crippen molar-refractivity contribution in [2.75, 3.05) is 6.61 Å². The molecule has 2 aromatic carbocycles. The fourth-order valence-electron chi connectivity index (χ4n) is 3.49. The van der Waals surface area contributed by atoms with Gasteiger partial charge in [-0.2, -0.15) is 10.2 Å². The largest absolute Gasteiger partial charge is 0.493 e. The van der Waals surface area contributed by atoms with Crippen LogP contribution in [0.15, 0.2) is 58.1 Å². The summed E-state index contributed by atoms with van der Waals surface area (Å²) in [5.74, 6) is 0.481. The van der Waals surface area contributed by atoms with Gasteiger partial charge in [-0.1, -0.05) is 18.2 Å². The van der Waals surface area contributed by atoms with E-state index < -0.39 is 0 Å². The quantitative estimate of drug-likeness (QED) is 0.448. The minimum absolute atomic E-state index is 0.293. The molecular weight excluding hydrogens is 432 g/mol. The molecule has 1 N–H and O–H groups in total. The zero-order chi connectivity index (χ0) is 20.2. The highest BCUT2D eigenvalue weighted by atomic mass is 79.9. The number of ether oxygens (including phenoxy) is 1. The minimum atomic E-state index is -0.293. The highest BCUT2D eigenvalue weighted by Crippen LogP contribution is 2.28. The van der Waals surface area contributed by atoms with Crippen molar-refractivity contribution in [2.45, 2.75) is 26.2 Å². The van der Waals surface area contributed by atoms with Crippen LogP contribution in [0.4, 0.5) is 0 Å². The summed E-state index contributed by atoms with van der Waals surface area (Å²) in [6, 6.07) is 15.5. The molecule has 4 rings (SSSR count). The Labute approximate surface area is 177 Å². The number of aromatic nitrogens is 2. The number of nitrogens with one attached hydrogen (secondary N) is 1. The van der Waals surface area contributed by atoms with Crippen LogP contribution in [0.2, 0.25) is 0 Å². The Morgan fingerprint density at radius 3 is 2.86 bits per heavy atom. The Kier molecular flexibility index (Phi) is 5.76. The second-order valence-electron chi connectivity index (χ2n) is 6.70. The summed E-state index contributed by atoms with van der Waals surface area (Å²) in [4.78, 5) is 12.7. The van der Waals surface area contributed by atoms with E-state index in [4.69, 9.17) is 4.74 Å². The van der Waals surface area contributed by atoms with E-state index in [0.29, 0.717) is 12.3 Å². The number of hydrazone groups is 1. The molecule has 0 atom stereocenters. The first-order valence-corrected chi connectivity index (χ1v) is 10.4. The van der Waals surface area contributed by atoms with Gasteiger partial charge in [0.05, 0.1) is 23.0 Å². The van der Waals surface area contributed by atoms with Crippen LogP contribution in [0.5, 0.6) is 5.75 Å². The van der Waals surface area contributed by atoms with E-state index in [1.54, 1.807) is 6.21 Å². The fraction of sp³-hybridized carbons (Fsp3) is 0.227. The number of hydrogen-bond acceptors (Lipinski definition) is 4. The molecular formula is C22H21BrN4O2. The number of carbonyl (C=O) groups is 1. The molecule has 0 saturated carbocycles. The van der Waals surface area contributed by atoms with Crippen molar-refractivity contribution in [2.24, 2.45) is 5.10 Å². The SMILES string of the molecule is CCOc1ccc(/C=N/NC(=O)c2nn(-c3ccccc3)c3c2CCC3)cc1Br. The van der Waals surface area contributed by atoms with E-state index in [-0.39, 0.29) is 5.91 Å². The van der Waals surface area contributed by atoms with Gasteiger partial charge in [0.25, 0.3) is 5.91 Å². The van der Waals surface area contributed by atoms with Crippen molar-refractivity contribution in [3.05, 3.63) is 75.5 Å². The van der Waals surface area contributed by atoms with Crippen LogP contribution < -0.4 is 10.2 Å². The molecule has 0 unspecified atom stereocenters. The number of amides is 1. The molecule has 0 aliphatic heterocycles. The van der Waals surface area contributed by atoms with Crippen LogP contribution in [0.3, 0.4) is 0 Å². The molecule has 1 heterocycles. The molecule has 7 heteroatoms. The third-order valence-corrected chi connectivity index (χ3v) is 5.40. The molecule has 0 fully saturated rings. The molecule has 1 aliphatic carbocycles. The smallest absolute Gasteiger partial charge is 0.292 e. The number of rotatable bonds is 6. The van der Waals surface area contributed by atoms with Gasteiger partial charge in [0, 0.05) is 11.3 Å².